The lowest BCUT2D eigenvalue weighted by atomic mass is 9.71. The molecule has 6 atom stereocenters. The second-order valence-corrected chi connectivity index (χ2v) is 10.4. The number of nitro groups is 2. The van der Waals surface area contributed by atoms with Crippen LogP contribution in [0.5, 0.6) is 11.5 Å². The van der Waals surface area contributed by atoms with Crippen molar-refractivity contribution >= 4 is 11.4 Å². The molecular weight excluding hydrogens is 448 g/mol. The third kappa shape index (κ3) is 6.50. The van der Waals surface area contributed by atoms with Gasteiger partial charge in [0.25, 0.3) is 11.4 Å². The summed E-state index contributed by atoms with van der Waals surface area (Å²) in [5.74, 6) is 3.29. The van der Waals surface area contributed by atoms with Crippen LogP contribution in [-0.4, -0.2) is 22.1 Å². The predicted octanol–water partition coefficient (Wildman–Crippen LogP) is 6.96. The summed E-state index contributed by atoms with van der Waals surface area (Å²) in [7, 11) is 0. The molecule has 0 N–H and O–H groups in total. The van der Waals surface area contributed by atoms with E-state index in [0.717, 1.165) is 32.1 Å². The first-order valence-electron chi connectivity index (χ1n) is 12.6. The Morgan fingerprint density at radius 1 is 0.686 bits per heavy atom. The van der Waals surface area contributed by atoms with Crippen LogP contribution in [0.4, 0.5) is 11.4 Å². The number of hydrogen-bond acceptors (Lipinski definition) is 6. The fourth-order valence-electron chi connectivity index (χ4n) is 5.64. The third-order valence-corrected chi connectivity index (χ3v) is 7.66. The quantitative estimate of drug-likeness (QED) is 0.297. The number of nitro benzene ring substituents is 2. The van der Waals surface area contributed by atoms with E-state index in [1.54, 1.807) is 24.3 Å². The molecule has 0 bridgehead atoms. The monoisotopic (exact) mass is 482 g/mol. The highest BCUT2D eigenvalue weighted by molar-refractivity contribution is 5.37. The van der Waals surface area contributed by atoms with Gasteiger partial charge in [0.1, 0.15) is 23.7 Å². The standard InChI is InChI=1S/C27H34N2O6/c1-18-3-5-20(26(15-18)34-24-11-7-22(8-12-24)28(30)31)17-21-6-4-19(2)16-27(21)35-25-13-9-23(10-14-25)29(32)33/h7-14,18-21,26-27H,3-6,15-17H2,1-2H3. The van der Waals surface area contributed by atoms with Gasteiger partial charge in [-0.25, -0.2) is 0 Å². The fourth-order valence-corrected chi connectivity index (χ4v) is 5.64. The Hall–Kier alpha value is -3.16. The maximum Gasteiger partial charge on any atom is 0.269 e. The highest BCUT2D eigenvalue weighted by Gasteiger charge is 2.37. The molecule has 2 aromatic carbocycles. The summed E-state index contributed by atoms with van der Waals surface area (Å²) < 4.78 is 12.8. The lowest BCUT2D eigenvalue weighted by Gasteiger charge is -2.41. The van der Waals surface area contributed by atoms with E-state index < -0.39 is 9.85 Å². The molecule has 0 heterocycles. The van der Waals surface area contributed by atoms with Crippen molar-refractivity contribution in [2.24, 2.45) is 23.7 Å². The topological polar surface area (TPSA) is 105 Å². The van der Waals surface area contributed by atoms with Crippen LogP contribution in [0.25, 0.3) is 0 Å². The van der Waals surface area contributed by atoms with Gasteiger partial charge < -0.3 is 9.47 Å². The van der Waals surface area contributed by atoms with Gasteiger partial charge in [-0.05, 0) is 80.0 Å². The normalized spacial score (nSPS) is 28.7. The van der Waals surface area contributed by atoms with Crippen molar-refractivity contribution < 1.29 is 19.3 Å². The van der Waals surface area contributed by atoms with Crippen LogP contribution in [0, 0.1) is 43.9 Å². The lowest BCUT2D eigenvalue weighted by molar-refractivity contribution is -0.385. The molecule has 0 radical (unpaired) electrons. The van der Waals surface area contributed by atoms with Crippen molar-refractivity contribution in [3.8, 4) is 11.5 Å². The third-order valence-electron chi connectivity index (χ3n) is 7.66. The Labute approximate surface area is 205 Å². The van der Waals surface area contributed by atoms with E-state index in [4.69, 9.17) is 9.47 Å². The molecule has 4 rings (SSSR count). The minimum absolute atomic E-state index is 0.0634. The van der Waals surface area contributed by atoms with Gasteiger partial charge in [-0.15, -0.1) is 0 Å². The van der Waals surface area contributed by atoms with Crippen LogP contribution in [0.1, 0.15) is 58.8 Å². The van der Waals surface area contributed by atoms with Crippen LogP contribution in [0.3, 0.4) is 0 Å². The van der Waals surface area contributed by atoms with Gasteiger partial charge >= 0.3 is 0 Å². The van der Waals surface area contributed by atoms with Crippen molar-refractivity contribution in [2.75, 3.05) is 0 Å². The number of ether oxygens (including phenoxy) is 2. The van der Waals surface area contributed by atoms with E-state index in [2.05, 4.69) is 13.8 Å². The molecule has 8 nitrogen and oxygen atoms in total. The highest BCUT2D eigenvalue weighted by Crippen LogP contribution is 2.41. The second-order valence-electron chi connectivity index (χ2n) is 10.4. The largest absolute Gasteiger partial charge is 0.490 e. The lowest BCUT2D eigenvalue weighted by Crippen LogP contribution is -2.39. The van der Waals surface area contributed by atoms with E-state index in [9.17, 15) is 20.2 Å². The van der Waals surface area contributed by atoms with Gasteiger partial charge in [-0.1, -0.05) is 26.7 Å². The number of rotatable bonds is 8. The second kappa shape index (κ2) is 11.1. The van der Waals surface area contributed by atoms with Gasteiger partial charge in [0.2, 0.25) is 0 Å². The molecule has 8 heteroatoms. The van der Waals surface area contributed by atoms with Crippen LogP contribution in [0.2, 0.25) is 0 Å². The van der Waals surface area contributed by atoms with E-state index >= 15 is 0 Å². The maximum absolute atomic E-state index is 11.0. The fraction of sp³-hybridized carbons (Fsp3) is 0.556. The Bertz CT molecular complexity index is 928. The smallest absolute Gasteiger partial charge is 0.269 e. The van der Waals surface area contributed by atoms with Crippen molar-refractivity contribution in [3.63, 3.8) is 0 Å². The molecule has 0 spiro atoms. The molecule has 2 saturated carbocycles. The summed E-state index contributed by atoms with van der Waals surface area (Å²) in [5, 5.41) is 21.9. The molecule has 6 unspecified atom stereocenters. The Morgan fingerprint density at radius 2 is 1.06 bits per heavy atom. The first-order chi connectivity index (χ1) is 16.8. The summed E-state index contributed by atoms with van der Waals surface area (Å²) in [6, 6.07) is 12.7. The van der Waals surface area contributed by atoms with Crippen molar-refractivity contribution in [1.82, 2.24) is 0 Å². The average Bonchev–Trinajstić information content (AvgIpc) is 2.83. The summed E-state index contributed by atoms with van der Waals surface area (Å²) >= 11 is 0. The average molecular weight is 483 g/mol. The Balaban J connectivity index is 1.45. The first kappa shape index (κ1) is 24.9. The zero-order valence-corrected chi connectivity index (χ0v) is 20.4. The van der Waals surface area contributed by atoms with Crippen molar-refractivity contribution in [1.29, 1.82) is 0 Å². The van der Waals surface area contributed by atoms with E-state index in [1.807, 2.05) is 0 Å². The molecule has 0 saturated heterocycles. The summed E-state index contributed by atoms with van der Waals surface area (Å²) in [6.07, 6.45) is 7.61. The molecule has 0 amide bonds. The van der Waals surface area contributed by atoms with Gasteiger partial charge in [0, 0.05) is 24.3 Å². The van der Waals surface area contributed by atoms with Gasteiger partial charge in [0.15, 0.2) is 0 Å². The zero-order chi connectivity index (χ0) is 24.9. The molecular formula is C27H34N2O6. The SMILES string of the molecule is CC1CCC(CC2CCC(C)CC2Oc2ccc([N+](=O)[O-])cc2)C(Oc2ccc([N+](=O)[O-])cc2)C1. The summed E-state index contributed by atoms with van der Waals surface area (Å²) in [6.45, 7) is 4.51. The highest BCUT2D eigenvalue weighted by atomic mass is 16.6. The number of hydrogen-bond donors (Lipinski definition) is 0. The zero-order valence-electron chi connectivity index (χ0n) is 20.4. The summed E-state index contributed by atoms with van der Waals surface area (Å²) in [4.78, 5) is 21.1. The first-order valence-corrected chi connectivity index (χ1v) is 12.6. The molecule has 35 heavy (non-hydrogen) atoms. The molecule has 2 aliphatic rings. The van der Waals surface area contributed by atoms with Gasteiger partial charge in [-0.2, -0.15) is 0 Å². The Kier molecular flexibility index (Phi) is 7.88. The summed E-state index contributed by atoms with van der Waals surface area (Å²) in [5.41, 5.74) is 0.127. The predicted molar refractivity (Wildman–Crippen MR) is 133 cm³/mol. The Morgan fingerprint density at radius 3 is 1.40 bits per heavy atom. The molecule has 2 fully saturated rings. The molecule has 0 aromatic heterocycles. The number of non-ortho nitro benzene ring substituents is 2. The van der Waals surface area contributed by atoms with E-state index in [-0.39, 0.29) is 23.6 Å². The van der Waals surface area contributed by atoms with Gasteiger partial charge in [0.05, 0.1) is 9.85 Å². The van der Waals surface area contributed by atoms with Gasteiger partial charge in [-0.3, -0.25) is 20.2 Å². The van der Waals surface area contributed by atoms with E-state index in [0.29, 0.717) is 35.2 Å². The minimum Gasteiger partial charge on any atom is -0.490 e. The van der Waals surface area contributed by atoms with Crippen LogP contribution >= 0.6 is 0 Å². The van der Waals surface area contributed by atoms with E-state index in [1.165, 1.54) is 37.1 Å². The molecule has 2 aliphatic carbocycles. The van der Waals surface area contributed by atoms with Crippen LogP contribution < -0.4 is 9.47 Å². The number of benzene rings is 2. The number of nitrogens with zero attached hydrogens (tertiary/aromatic N) is 2. The maximum atomic E-state index is 11.0. The van der Waals surface area contributed by atoms with Crippen LogP contribution in [0.15, 0.2) is 48.5 Å². The molecule has 188 valence electrons. The minimum atomic E-state index is -0.398. The van der Waals surface area contributed by atoms with Crippen LogP contribution in [-0.2, 0) is 0 Å². The molecule has 0 aliphatic heterocycles. The van der Waals surface area contributed by atoms with Crippen molar-refractivity contribution in [3.05, 3.63) is 68.8 Å². The van der Waals surface area contributed by atoms with Crippen molar-refractivity contribution in [2.45, 2.75) is 71.0 Å². The molecule has 2 aromatic rings.